The van der Waals surface area contributed by atoms with Gasteiger partial charge in [-0.05, 0) is 78.4 Å². The Morgan fingerprint density at radius 3 is 2.41 bits per heavy atom. The van der Waals surface area contributed by atoms with Crippen LogP contribution in [0.15, 0.2) is 16.6 Å². The van der Waals surface area contributed by atoms with Crippen molar-refractivity contribution >= 4 is 17.9 Å². The Hall–Kier alpha value is -2.13. The van der Waals surface area contributed by atoms with E-state index in [9.17, 15) is 14.7 Å². The molecule has 0 radical (unpaired) electrons. The van der Waals surface area contributed by atoms with Gasteiger partial charge >= 0.3 is 11.9 Å². The van der Waals surface area contributed by atoms with Crippen LogP contribution < -0.4 is 11.5 Å². The second-order valence-corrected chi connectivity index (χ2v) is 16.3. The van der Waals surface area contributed by atoms with Gasteiger partial charge in [0.2, 0.25) is 0 Å². The van der Waals surface area contributed by atoms with Crippen molar-refractivity contribution in [3.8, 4) is 0 Å². The van der Waals surface area contributed by atoms with Gasteiger partial charge in [-0.2, -0.15) is 0 Å². The fourth-order valence-electron chi connectivity index (χ4n) is 11.5. The number of guanidine groups is 1. The summed E-state index contributed by atoms with van der Waals surface area (Å²) in [5, 5.41) is 10.9. The highest BCUT2D eigenvalue weighted by Crippen LogP contribution is 2.75. The van der Waals surface area contributed by atoms with Crippen molar-refractivity contribution in [3.05, 3.63) is 11.6 Å². The van der Waals surface area contributed by atoms with Crippen LogP contribution in [0.25, 0.3) is 0 Å². The molecule has 44 heavy (non-hydrogen) atoms. The lowest BCUT2D eigenvalue weighted by Gasteiger charge is -2.71. The van der Waals surface area contributed by atoms with Crippen molar-refractivity contribution in [2.45, 2.75) is 106 Å². The number of nitrogens with zero attached hydrogens (tertiary/aromatic N) is 1. The number of hydrogen-bond acceptors (Lipinski definition) is 6. The van der Waals surface area contributed by atoms with Crippen LogP contribution in [0.3, 0.4) is 0 Å². The third kappa shape index (κ3) is 4.73. The van der Waals surface area contributed by atoms with E-state index in [1.54, 1.807) is 0 Å². The van der Waals surface area contributed by atoms with Gasteiger partial charge in [-0.25, -0.2) is 0 Å². The second kappa shape index (κ2) is 11.3. The van der Waals surface area contributed by atoms with E-state index in [0.29, 0.717) is 50.5 Å². The molecule has 248 valence electrons. The predicted octanol–water partition coefficient (Wildman–Crippen LogP) is 5.17. The molecule has 9 heteroatoms. The molecule has 9 nitrogen and oxygen atoms in total. The van der Waals surface area contributed by atoms with Crippen LogP contribution in [0.4, 0.5) is 0 Å². The molecule has 1 unspecified atom stereocenters. The maximum Gasteiger partial charge on any atom is 0.307 e. The number of carboxylic acid groups (broad SMARTS) is 1. The minimum atomic E-state index is -0.654. The number of ether oxygens (including phenoxy) is 3. The van der Waals surface area contributed by atoms with Crippen molar-refractivity contribution in [3.63, 3.8) is 0 Å². The number of carbonyl (C=O) groups is 2. The smallest absolute Gasteiger partial charge is 0.307 e. The van der Waals surface area contributed by atoms with Crippen molar-refractivity contribution in [1.29, 1.82) is 0 Å². The van der Waals surface area contributed by atoms with Gasteiger partial charge in [0.05, 0.1) is 32.3 Å². The number of esters is 1. The summed E-state index contributed by atoms with van der Waals surface area (Å²) in [7, 11) is 0. The largest absolute Gasteiger partial charge is 0.481 e. The molecule has 0 amide bonds. The first-order valence-electron chi connectivity index (χ1n) is 16.8. The number of carbonyl (C=O) groups excluding carboxylic acids is 1. The molecule has 3 saturated carbocycles. The number of carboxylic acids is 1. The normalized spacial score (nSPS) is 45.2. The lowest BCUT2D eigenvalue weighted by atomic mass is 9.34. The topological polar surface area (TPSA) is 146 Å². The maximum absolute atomic E-state index is 13.3. The molecule has 1 heterocycles. The quantitative estimate of drug-likeness (QED) is 0.112. The molecule has 5 N–H and O–H groups in total. The Morgan fingerprint density at radius 1 is 1.09 bits per heavy atom. The standard InChI is InChI=1S/C35H57N3O6/c1-20(2)21(3)31(5)13-14-33(7)23-9-10-26-32(6)18-42-19-35(26,24(23)11-12-34(33,8)27(31)29(40)41)17-25(44-22(4)39)28(32)43-16-15-38-30(36)37/h11,20-21,23,25-28H,9-10,12-19H2,1-8H3,(H,40,41)(H4,36,37,38)/t21-,23+,25-,26+,27-,28+,31-,32?,33-,34+,35+/m1/s1. The van der Waals surface area contributed by atoms with Gasteiger partial charge in [-0.15, -0.1) is 0 Å². The molecule has 0 aromatic rings. The molecule has 1 aliphatic heterocycles. The molecule has 0 spiro atoms. The van der Waals surface area contributed by atoms with E-state index < -0.39 is 18.0 Å². The molecular weight excluding hydrogens is 558 g/mol. The number of nitrogens with two attached hydrogens (primary N) is 2. The monoisotopic (exact) mass is 615 g/mol. The van der Waals surface area contributed by atoms with Crippen LogP contribution in [0.5, 0.6) is 0 Å². The summed E-state index contributed by atoms with van der Waals surface area (Å²) >= 11 is 0. The van der Waals surface area contributed by atoms with E-state index in [0.717, 1.165) is 32.1 Å². The Balaban J connectivity index is 1.56. The third-order valence-corrected chi connectivity index (χ3v) is 14.1. The Morgan fingerprint density at radius 2 is 1.80 bits per heavy atom. The van der Waals surface area contributed by atoms with Gasteiger partial charge in [-0.3, -0.25) is 14.6 Å². The van der Waals surface area contributed by atoms with Crippen LogP contribution in [0, 0.1) is 56.7 Å². The number of allylic oxidation sites excluding steroid dienone is 1. The molecular formula is C35H57N3O6. The summed E-state index contributed by atoms with van der Waals surface area (Å²) < 4.78 is 19.1. The van der Waals surface area contributed by atoms with Gasteiger partial charge in [0.1, 0.15) is 12.2 Å². The summed E-state index contributed by atoms with van der Waals surface area (Å²) in [4.78, 5) is 29.8. The molecule has 11 atom stereocenters. The SMILES string of the molecule is CC(=O)O[C@@H]1C[C@@]23COCC(C)([C@H]1OCCN=C(N)N)[C@@H]2CC[C@H]1C3=CC[C@@]2(C)[C@H](C(=O)O)[C@@](C)([C@H](C)C(C)C)CC[C@]12C. The summed E-state index contributed by atoms with van der Waals surface area (Å²) in [5.74, 6) is -0.130. The molecule has 0 aromatic heterocycles. The minimum absolute atomic E-state index is 0.0230. The highest BCUT2D eigenvalue weighted by Gasteiger charge is 2.72. The maximum atomic E-state index is 13.3. The first kappa shape index (κ1) is 33.2. The van der Waals surface area contributed by atoms with E-state index in [-0.39, 0.29) is 51.0 Å². The number of aliphatic carboxylic acids is 1. The zero-order chi connectivity index (χ0) is 32.5. The van der Waals surface area contributed by atoms with Crippen molar-refractivity contribution in [2.75, 3.05) is 26.4 Å². The molecule has 5 rings (SSSR count). The molecule has 0 aromatic carbocycles. The number of hydrogen-bond donors (Lipinski definition) is 3. The summed E-state index contributed by atoms with van der Waals surface area (Å²) in [6.07, 6.45) is 6.95. The van der Waals surface area contributed by atoms with Crippen LogP contribution in [-0.2, 0) is 23.8 Å². The Kier molecular flexibility index (Phi) is 8.53. The average Bonchev–Trinajstić information content (AvgIpc) is 2.91. The van der Waals surface area contributed by atoms with Gasteiger partial charge < -0.3 is 30.8 Å². The summed E-state index contributed by atoms with van der Waals surface area (Å²) in [5.41, 5.74) is 11.0. The van der Waals surface area contributed by atoms with Crippen molar-refractivity contribution in [1.82, 2.24) is 0 Å². The van der Waals surface area contributed by atoms with E-state index in [2.05, 4.69) is 59.5 Å². The average molecular weight is 616 g/mol. The summed E-state index contributed by atoms with van der Waals surface area (Å²) in [6, 6.07) is 0. The molecule has 1 saturated heterocycles. The third-order valence-electron chi connectivity index (χ3n) is 14.1. The zero-order valence-electron chi connectivity index (χ0n) is 28.3. The lowest BCUT2D eigenvalue weighted by Crippen LogP contribution is -2.70. The lowest BCUT2D eigenvalue weighted by molar-refractivity contribution is -0.266. The van der Waals surface area contributed by atoms with Gasteiger partial charge in [0, 0.05) is 17.8 Å². The van der Waals surface area contributed by atoms with Crippen LogP contribution in [0.1, 0.15) is 93.9 Å². The number of fused-ring (bicyclic) bond motifs is 3. The highest BCUT2D eigenvalue weighted by molar-refractivity contribution is 5.75. The molecule has 5 aliphatic rings. The van der Waals surface area contributed by atoms with Crippen molar-refractivity contribution in [2.24, 2.45) is 73.1 Å². The van der Waals surface area contributed by atoms with E-state index in [4.69, 9.17) is 25.7 Å². The molecule has 4 aliphatic carbocycles. The molecule has 4 fully saturated rings. The van der Waals surface area contributed by atoms with Crippen LogP contribution in [0.2, 0.25) is 0 Å². The number of rotatable bonds is 8. The van der Waals surface area contributed by atoms with Gasteiger partial charge in [-0.1, -0.05) is 60.1 Å². The highest BCUT2D eigenvalue weighted by atomic mass is 16.6. The van der Waals surface area contributed by atoms with E-state index >= 15 is 0 Å². The number of aliphatic imine (C=N–C) groups is 1. The first-order valence-corrected chi connectivity index (χ1v) is 16.8. The van der Waals surface area contributed by atoms with E-state index in [1.165, 1.54) is 12.5 Å². The van der Waals surface area contributed by atoms with Crippen molar-refractivity contribution < 1.29 is 28.9 Å². The second-order valence-electron chi connectivity index (χ2n) is 16.3. The Bertz CT molecular complexity index is 1210. The fourth-order valence-corrected chi connectivity index (χ4v) is 11.5. The van der Waals surface area contributed by atoms with Crippen LogP contribution >= 0.6 is 0 Å². The van der Waals surface area contributed by atoms with Gasteiger partial charge in [0.15, 0.2) is 5.96 Å². The fraction of sp³-hybridized carbons (Fsp3) is 0.857. The molecule has 2 bridgehead atoms. The van der Waals surface area contributed by atoms with Gasteiger partial charge in [0.25, 0.3) is 0 Å². The predicted molar refractivity (Wildman–Crippen MR) is 170 cm³/mol. The summed E-state index contributed by atoms with van der Waals surface area (Å²) in [6.45, 7) is 19.1. The zero-order valence-corrected chi connectivity index (χ0v) is 28.3. The Labute approximate surface area is 263 Å². The van der Waals surface area contributed by atoms with E-state index in [1.807, 2.05) is 0 Å². The minimum Gasteiger partial charge on any atom is -0.481 e. The van der Waals surface area contributed by atoms with Crippen LogP contribution in [-0.4, -0.2) is 61.6 Å². The first-order chi connectivity index (χ1) is 20.5.